The Bertz CT molecular complexity index is 1100. The van der Waals surface area contributed by atoms with E-state index in [-0.39, 0.29) is 22.0 Å². The van der Waals surface area contributed by atoms with Crippen molar-refractivity contribution in [2.45, 2.75) is 30.4 Å². The second-order valence-corrected chi connectivity index (χ2v) is 9.44. The standard InChI is InChI=1S/C17H19FN4O3S/c1-17(2,3)26(23,24)13-9-22-11(8-20-15(22)7-12(13)25-4)10-5-6-14(19)21-16(10)18/h5-9H,1-4H3,(H2,19,21). The number of methoxy groups -OCH3 is 1. The van der Waals surface area contributed by atoms with E-state index in [4.69, 9.17) is 10.5 Å². The first-order valence-electron chi connectivity index (χ1n) is 7.78. The molecular weight excluding hydrogens is 359 g/mol. The van der Waals surface area contributed by atoms with Crippen molar-refractivity contribution in [3.63, 3.8) is 0 Å². The molecule has 0 spiro atoms. The number of fused-ring (bicyclic) bond motifs is 1. The van der Waals surface area contributed by atoms with E-state index >= 15 is 0 Å². The van der Waals surface area contributed by atoms with Gasteiger partial charge in [-0.3, -0.25) is 4.40 Å². The molecule has 0 bridgehead atoms. The lowest BCUT2D eigenvalue weighted by atomic mass is 10.2. The lowest BCUT2D eigenvalue weighted by Gasteiger charge is -2.21. The Hall–Kier alpha value is -2.68. The van der Waals surface area contributed by atoms with Gasteiger partial charge in [0.2, 0.25) is 5.95 Å². The Balaban J connectivity index is 2.32. The average Bonchev–Trinajstić information content (AvgIpc) is 2.95. The first-order chi connectivity index (χ1) is 12.1. The van der Waals surface area contributed by atoms with Crippen LogP contribution in [0.1, 0.15) is 20.8 Å². The minimum Gasteiger partial charge on any atom is -0.495 e. The maximum Gasteiger partial charge on any atom is 0.224 e. The highest BCUT2D eigenvalue weighted by molar-refractivity contribution is 7.92. The summed E-state index contributed by atoms with van der Waals surface area (Å²) in [6.45, 7) is 4.80. The summed E-state index contributed by atoms with van der Waals surface area (Å²) in [6.07, 6.45) is 2.84. The number of nitrogen functional groups attached to an aromatic ring is 1. The van der Waals surface area contributed by atoms with E-state index in [1.165, 1.54) is 42.1 Å². The number of pyridine rings is 2. The third-order valence-electron chi connectivity index (χ3n) is 4.04. The lowest BCUT2D eigenvalue weighted by Crippen LogP contribution is -2.28. The van der Waals surface area contributed by atoms with E-state index in [1.807, 2.05) is 0 Å². The molecule has 0 aliphatic heterocycles. The number of hydrogen-bond acceptors (Lipinski definition) is 6. The number of halogens is 1. The van der Waals surface area contributed by atoms with Crippen LogP contribution in [0.3, 0.4) is 0 Å². The molecular formula is C17H19FN4O3S. The topological polar surface area (TPSA) is 99.6 Å². The lowest BCUT2D eigenvalue weighted by molar-refractivity contribution is 0.401. The van der Waals surface area contributed by atoms with Gasteiger partial charge in [0.1, 0.15) is 22.1 Å². The molecule has 138 valence electrons. The molecule has 3 rings (SSSR count). The molecule has 3 aromatic heterocycles. The zero-order chi connectivity index (χ0) is 19.3. The number of rotatable bonds is 3. The minimum atomic E-state index is -3.71. The van der Waals surface area contributed by atoms with Crippen molar-refractivity contribution >= 4 is 21.3 Å². The van der Waals surface area contributed by atoms with Gasteiger partial charge < -0.3 is 10.5 Å². The number of ether oxygens (including phenoxy) is 1. The highest BCUT2D eigenvalue weighted by Gasteiger charge is 2.34. The van der Waals surface area contributed by atoms with E-state index in [0.29, 0.717) is 11.3 Å². The Morgan fingerprint density at radius 1 is 1.27 bits per heavy atom. The molecule has 0 amide bonds. The maximum atomic E-state index is 14.2. The first-order valence-corrected chi connectivity index (χ1v) is 9.26. The fraction of sp³-hybridized carbons (Fsp3) is 0.294. The van der Waals surface area contributed by atoms with Gasteiger partial charge in [0.15, 0.2) is 9.84 Å². The number of nitrogens with zero attached hydrogens (tertiary/aromatic N) is 3. The Kier molecular flexibility index (Phi) is 4.14. The summed E-state index contributed by atoms with van der Waals surface area (Å²) >= 11 is 0. The molecule has 0 aromatic carbocycles. The molecule has 7 nitrogen and oxygen atoms in total. The summed E-state index contributed by atoms with van der Waals surface area (Å²) in [4.78, 5) is 7.83. The van der Waals surface area contributed by atoms with Crippen LogP contribution in [0, 0.1) is 5.95 Å². The van der Waals surface area contributed by atoms with Crippen molar-refractivity contribution in [1.29, 1.82) is 0 Å². The van der Waals surface area contributed by atoms with Crippen LogP contribution in [0.2, 0.25) is 0 Å². The molecule has 0 saturated carbocycles. The molecule has 9 heteroatoms. The van der Waals surface area contributed by atoms with Crippen molar-refractivity contribution in [3.8, 4) is 17.0 Å². The third-order valence-corrected chi connectivity index (χ3v) is 6.53. The predicted octanol–water partition coefficient (Wildman–Crippen LogP) is 2.70. The summed E-state index contributed by atoms with van der Waals surface area (Å²) in [5, 5.41) is 0. The Morgan fingerprint density at radius 2 is 1.96 bits per heavy atom. The zero-order valence-electron chi connectivity index (χ0n) is 14.8. The van der Waals surface area contributed by atoms with Gasteiger partial charge in [0.05, 0.1) is 29.3 Å². The molecule has 0 saturated heterocycles. The van der Waals surface area contributed by atoms with Crippen molar-refractivity contribution in [3.05, 3.63) is 36.5 Å². The quantitative estimate of drug-likeness (QED) is 0.704. The van der Waals surface area contributed by atoms with Gasteiger partial charge >= 0.3 is 0 Å². The van der Waals surface area contributed by atoms with Crippen LogP contribution in [-0.2, 0) is 9.84 Å². The third kappa shape index (κ3) is 2.78. The summed E-state index contributed by atoms with van der Waals surface area (Å²) in [6, 6.07) is 4.45. The number of nitrogens with two attached hydrogens (primary N) is 1. The molecule has 0 unspecified atom stereocenters. The van der Waals surface area contributed by atoms with Crippen LogP contribution in [0.4, 0.5) is 10.2 Å². The fourth-order valence-corrected chi connectivity index (χ4v) is 3.83. The highest BCUT2D eigenvalue weighted by Crippen LogP contribution is 2.34. The summed E-state index contributed by atoms with van der Waals surface area (Å²) in [7, 11) is -2.32. The normalized spacial score (nSPS) is 12.5. The SMILES string of the molecule is COc1cc2ncc(-c3ccc(N)nc3F)n2cc1S(=O)(=O)C(C)(C)C. The van der Waals surface area contributed by atoms with E-state index in [1.54, 1.807) is 20.8 Å². The molecule has 3 aromatic rings. The number of imidazole rings is 1. The van der Waals surface area contributed by atoms with Crippen molar-refractivity contribution in [2.75, 3.05) is 12.8 Å². The van der Waals surface area contributed by atoms with Crippen LogP contribution in [0.15, 0.2) is 35.5 Å². The minimum absolute atomic E-state index is 0.00284. The van der Waals surface area contributed by atoms with Crippen molar-refractivity contribution in [2.24, 2.45) is 0 Å². The summed E-state index contributed by atoms with van der Waals surface area (Å²) in [5.74, 6) is -0.527. The first kappa shape index (κ1) is 18.1. The van der Waals surface area contributed by atoms with Crippen LogP contribution in [-0.4, -0.2) is 34.6 Å². The number of sulfone groups is 1. The highest BCUT2D eigenvalue weighted by atomic mass is 32.2. The van der Waals surface area contributed by atoms with Gasteiger partial charge in [-0.25, -0.2) is 18.4 Å². The summed E-state index contributed by atoms with van der Waals surface area (Å²) in [5.41, 5.74) is 6.43. The predicted molar refractivity (Wildman–Crippen MR) is 96.3 cm³/mol. The van der Waals surface area contributed by atoms with E-state index in [0.717, 1.165) is 0 Å². The average molecular weight is 378 g/mol. The van der Waals surface area contributed by atoms with Gasteiger partial charge in [-0.05, 0) is 32.9 Å². The maximum absolute atomic E-state index is 14.2. The second kappa shape index (κ2) is 5.94. The van der Waals surface area contributed by atoms with E-state index in [9.17, 15) is 12.8 Å². The van der Waals surface area contributed by atoms with Crippen molar-refractivity contribution < 1.29 is 17.5 Å². The van der Waals surface area contributed by atoms with Gasteiger partial charge in [-0.2, -0.15) is 4.39 Å². The summed E-state index contributed by atoms with van der Waals surface area (Å²) < 4.78 is 45.8. The Morgan fingerprint density at radius 3 is 2.54 bits per heavy atom. The molecule has 26 heavy (non-hydrogen) atoms. The fourth-order valence-electron chi connectivity index (χ4n) is 2.52. The van der Waals surface area contributed by atoms with Crippen molar-refractivity contribution in [1.82, 2.24) is 14.4 Å². The monoisotopic (exact) mass is 378 g/mol. The molecule has 0 atom stereocenters. The smallest absolute Gasteiger partial charge is 0.224 e. The number of anilines is 1. The van der Waals surface area contributed by atoms with Crippen LogP contribution >= 0.6 is 0 Å². The number of aromatic nitrogens is 3. The Labute approximate surface area is 150 Å². The molecule has 0 aliphatic carbocycles. The molecule has 0 radical (unpaired) electrons. The van der Waals surface area contributed by atoms with Gasteiger partial charge in [-0.15, -0.1) is 0 Å². The largest absolute Gasteiger partial charge is 0.495 e. The molecule has 0 fully saturated rings. The zero-order valence-corrected chi connectivity index (χ0v) is 15.6. The number of hydrogen-bond donors (Lipinski definition) is 1. The van der Waals surface area contributed by atoms with Crippen LogP contribution in [0.5, 0.6) is 5.75 Å². The van der Waals surface area contributed by atoms with Gasteiger partial charge in [0.25, 0.3) is 0 Å². The van der Waals surface area contributed by atoms with Crippen LogP contribution < -0.4 is 10.5 Å². The molecule has 0 aliphatic rings. The van der Waals surface area contributed by atoms with Gasteiger partial charge in [-0.1, -0.05) is 0 Å². The second-order valence-electron chi connectivity index (χ2n) is 6.77. The van der Waals surface area contributed by atoms with Crippen LogP contribution in [0.25, 0.3) is 16.9 Å². The van der Waals surface area contributed by atoms with E-state index < -0.39 is 20.5 Å². The van der Waals surface area contributed by atoms with Gasteiger partial charge in [0, 0.05) is 12.3 Å². The molecule has 2 N–H and O–H groups in total. The van der Waals surface area contributed by atoms with E-state index in [2.05, 4.69) is 9.97 Å². The molecule has 3 heterocycles.